The Bertz CT molecular complexity index is 289. The number of hydrogen-bond donors (Lipinski definition) is 2. The molecule has 2 N–H and O–H groups in total. The predicted molar refractivity (Wildman–Crippen MR) is 65.4 cm³/mol. The van der Waals surface area contributed by atoms with Crippen LogP contribution in [-0.4, -0.2) is 25.1 Å². The lowest BCUT2D eigenvalue weighted by atomic mass is 10.2. The Morgan fingerprint density at radius 1 is 1.40 bits per heavy atom. The van der Waals surface area contributed by atoms with Gasteiger partial charge < -0.3 is 10.6 Å². The van der Waals surface area contributed by atoms with E-state index in [0.29, 0.717) is 0 Å². The van der Waals surface area contributed by atoms with E-state index < -0.39 is 0 Å². The van der Waals surface area contributed by atoms with E-state index in [1.807, 2.05) is 7.05 Å². The van der Waals surface area contributed by atoms with E-state index in [9.17, 15) is 0 Å². The van der Waals surface area contributed by atoms with Gasteiger partial charge in [-0.2, -0.15) is 0 Å². The van der Waals surface area contributed by atoms with Crippen LogP contribution in [-0.2, 0) is 6.42 Å². The number of nitrogens with zero attached hydrogens (tertiary/aromatic N) is 1. The molecule has 0 amide bonds. The van der Waals surface area contributed by atoms with Gasteiger partial charge in [-0.1, -0.05) is 13.0 Å². The minimum absolute atomic E-state index is 0.990. The average Bonchev–Trinajstić information content (AvgIpc) is 2.16. The maximum absolute atomic E-state index is 4.40. The van der Waals surface area contributed by atoms with Crippen LogP contribution >= 0.6 is 0 Å². The summed E-state index contributed by atoms with van der Waals surface area (Å²) in [6.45, 7) is 6.66. The van der Waals surface area contributed by atoms with Gasteiger partial charge in [0.25, 0.3) is 0 Å². The third-order valence-corrected chi connectivity index (χ3v) is 2.46. The van der Waals surface area contributed by atoms with Gasteiger partial charge in [-0.05, 0) is 44.5 Å². The third-order valence-electron chi connectivity index (χ3n) is 2.46. The summed E-state index contributed by atoms with van der Waals surface area (Å²) < 4.78 is 0. The van der Waals surface area contributed by atoms with Gasteiger partial charge in [0.1, 0.15) is 5.82 Å². The Hall–Kier alpha value is -1.09. The molecule has 0 spiro atoms. The summed E-state index contributed by atoms with van der Waals surface area (Å²) in [5.41, 5.74) is 2.34. The van der Waals surface area contributed by atoms with E-state index >= 15 is 0 Å². The van der Waals surface area contributed by atoms with Crippen LogP contribution in [0, 0.1) is 6.92 Å². The highest BCUT2D eigenvalue weighted by molar-refractivity contribution is 5.43. The molecule has 0 atom stereocenters. The molecular formula is C12H21N3. The van der Waals surface area contributed by atoms with E-state index in [1.165, 1.54) is 25.1 Å². The molecule has 2 rings (SSSR count). The van der Waals surface area contributed by atoms with Crippen LogP contribution in [0.1, 0.15) is 24.6 Å². The van der Waals surface area contributed by atoms with Crippen LogP contribution in [0.15, 0.2) is 12.1 Å². The van der Waals surface area contributed by atoms with Crippen molar-refractivity contribution in [1.29, 1.82) is 0 Å². The summed E-state index contributed by atoms with van der Waals surface area (Å²) in [5.74, 6) is 0.990. The molecule has 0 aromatic carbocycles. The Labute approximate surface area is 92.3 Å². The molecule has 1 aromatic heterocycles. The molecular weight excluding hydrogens is 186 g/mol. The Kier molecular flexibility index (Phi) is 5.12. The number of hydrogen-bond acceptors (Lipinski definition) is 3. The molecule has 0 aliphatic carbocycles. The highest BCUT2D eigenvalue weighted by Gasteiger charge is 1.97. The lowest BCUT2D eigenvalue weighted by Gasteiger charge is -2.09. The second-order valence-electron chi connectivity index (χ2n) is 3.68. The van der Waals surface area contributed by atoms with Crippen molar-refractivity contribution in [3.8, 4) is 0 Å². The van der Waals surface area contributed by atoms with E-state index in [-0.39, 0.29) is 0 Å². The molecule has 1 aliphatic heterocycles. The van der Waals surface area contributed by atoms with Crippen molar-refractivity contribution in [3.05, 3.63) is 23.4 Å². The molecule has 0 saturated carbocycles. The standard InChI is InChI=1S/C9H14N2.C3H7N/c1-4-8-6-5-7(2)9(10-3)11-8;1-2-4-3-1/h5-6H,4H2,1-3H3,(H,10,11);4H,1-3H2. The summed E-state index contributed by atoms with van der Waals surface area (Å²) in [5, 5.41) is 6.17. The Morgan fingerprint density at radius 3 is 2.40 bits per heavy atom. The first-order chi connectivity index (χ1) is 7.27. The smallest absolute Gasteiger partial charge is 0.128 e. The van der Waals surface area contributed by atoms with Gasteiger partial charge in [-0.15, -0.1) is 0 Å². The predicted octanol–water partition coefficient (Wildman–Crippen LogP) is 1.97. The topological polar surface area (TPSA) is 37.0 Å². The molecule has 1 aromatic rings. The van der Waals surface area contributed by atoms with Crippen LogP contribution in [0.4, 0.5) is 5.82 Å². The molecule has 3 heteroatoms. The number of aromatic nitrogens is 1. The van der Waals surface area contributed by atoms with E-state index in [1.54, 1.807) is 0 Å². The first kappa shape index (κ1) is 12.0. The van der Waals surface area contributed by atoms with Gasteiger partial charge in [-0.25, -0.2) is 4.98 Å². The lowest BCUT2D eigenvalue weighted by molar-refractivity contribution is 0.527. The molecule has 0 unspecified atom stereocenters. The number of rotatable bonds is 2. The molecule has 84 valence electrons. The van der Waals surface area contributed by atoms with Gasteiger partial charge in [0.15, 0.2) is 0 Å². The van der Waals surface area contributed by atoms with Crippen LogP contribution in [0.25, 0.3) is 0 Å². The van der Waals surface area contributed by atoms with Crippen molar-refractivity contribution < 1.29 is 0 Å². The molecule has 1 fully saturated rings. The third kappa shape index (κ3) is 3.88. The zero-order valence-corrected chi connectivity index (χ0v) is 9.93. The zero-order valence-electron chi connectivity index (χ0n) is 9.93. The van der Waals surface area contributed by atoms with Crippen LogP contribution in [0.5, 0.6) is 0 Å². The summed E-state index contributed by atoms with van der Waals surface area (Å²) in [6, 6.07) is 4.16. The lowest BCUT2D eigenvalue weighted by Crippen LogP contribution is -2.29. The fraction of sp³-hybridized carbons (Fsp3) is 0.583. The molecule has 15 heavy (non-hydrogen) atoms. The first-order valence-electron chi connectivity index (χ1n) is 5.63. The largest absolute Gasteiger partial charge is 0.373 e. The van der Waals surface area contributed by atoms with Gasteiger partial charge in [0.05, 0.1) is 0 Å². The number of nitrogens with one attached hydrogen (secondary N) is 2. The molecule has 1 saturated heterocycles. The SMILES string of the molecule is C1CNC1.CCc1ccc(C)c(NC)n1. The minimum Gasteiger partial charge on any atom is -0.373 e. The van der Waals surface area contributed by atoms with Crippen molar-refractivity contribution in [2.24, 2.45) is 0 Å². The monoisotopic (exact) mass is 207 g/mol. The second kappa shape index (κ2) is 6.40. The number of aryl methyl sites for hydroxylation is 2. The number of pyridine rings is 1. The van der Waals surface area contributed by atoms with Crippen LogP contribution in [0.3, 0.4) is 0 Å². The fourth-order valence-corrected chi connectivity index (χ4v) is 1.20. The van der Waals surface area contributed by atoms with Gasteiger partial charge >= 0.3 is 0 Å². The molecule has 3 nitrogen and oxygen atoms in total. The van der Waals surface area contributed by atoms with Gasteiger partial charge in [0.2, 0.25) is 0 Å². The maximum atomic E-state index is 4.40. The number of anilines is 1. The highest BCUT2D eigenvalue weighted by atomic mass is 15.0. The fourth-order valence-electron chi connectivity index (χ4n) is 1.20. The first-order valence-corrected chi connectivity index (χ1v) is 5.63. The summed E-state index contributed by atoms with van der Waals surface area (Å²) in [4.78, 5) is 4.40. The molecule has 0 radical (unpaired) electrons. The highest BCUT2D eigenvalue weighted by Crippen LogP contribution is 2.11. The van der Waals surface area contributed by atoms with Gasteiger partial charge in [-0.3, -0.25) is 0 Å². The van der Waals surface area contributed by atoms with Crippen molar-refractivity contribution in [3.63, 3.8) is 0 Å². The normalized spacial score (nSPS) is 13.5. The van der Waals surface area contributed by atoms with Crippen molar-refractivity contribution in [2.45, 2.75) is 26.7 Å². The second-order valence-corrected chi connectivity index (χ2v) is 3.68. The Balaban J connectivity index is 0.000000234. The molecule has 2 heterocycles. The van der Waals surface area contributed by atoms with E-state index in [2.05, 4.69) is 41.6 Å². The van der Waals surface area contributed by atoms with Crippen molar-refractivity contribution >= 4 is 5.82 Å². The Morgan fingerprint density at radius 2 is 2.00 bits per heavy atom. The average molecular weight is 207 g/mol. The van der Waals surface area contributed by atoms with E-state index in [4.69, 9.17) is 0 Å². The van der Waals surface area contributed by atoms with Crippen molar-refractivity contribution in [1.82, 2.24) is 10.3 Å². The molecule has 1 aliphatic rings. The van der Waals surface area contributed by atoms with Gasteiger partial charge in [0, 0.05) is 12.7 Å². The minimum atomic E-state index is 0.990. The summed E-state index contributed by atoms with van der Waals surface area (Å²) in [7, 11) is 1.90. The molecule has 0 bridgehead atoms. The van der Waals surface area contributed by atoms with Crippen LogP contribution < -0.4 is 10.6 Å². The summed E-state index contributed by atoms with van der Waals surface area (Å²) in [6.07, 6.45) is 2.38. The summed E-state index contributed by atoms with van der Waals surface area (Å²) >= 11 is 0. The van der Waals surface area contributed by atoms with Crippen molar-refractivity contribution in [2.75, 3.05) is 25.5 Å². The van der Waals surface area contributed by atoms with E-state index in [0.717, 1.165) is 17.9 Å². The van der Waals surface area contributed by atoms with Crippen LogP contribution in [0.2, 0.25) is 0 Å². The quantitative estimate of drug-likeness (QED) is 0.778. The maximum Gasteiger partial charge on any atom is 0.128 e. The zero-order chi connectivity index (χ0) is 11.1.